The summed E-state index contributed by atoms with van der Waals surface area (Å²) in [4.78, 5) is 23.1. The van der Waals surface area contributed by atoms with Crippen molar-refractivity contribution >= 4 is 11.9 Å². The number of nitrogens with one attached hydrogen (secondary N) is 1. The van der Waals surface area contributed by atoms with Crippen molar-refractivity contribution in [1.29, 1.82) is 0 Å². The van der Waals surface area contributed by atoms with Crippen LogP contribution in [0.25, 0.3) is 0 Å². The summed E-state index contributed by atoms with van der Waals surface area (Å²) in [6, 6.07) is 5.81. The molecular weight excluding hydrogens is 294 g/mol. The van der Waals surface area contributed by atoms with Gasteiger partial charge in [-0.3, -0.25) is 9.59 Å². The van der Waals surface area contributed by atoms with Gasteiger partial charge in [0.2, 0.25) is 5.91 Å². The van der Waals surface area contributed by atoms with Crippen molar-refractivity contribution in [1.82, 2.24) is 5.32 Å². The Hall–Kier alpha value is -2.04. The summed E-state index contributed by atoms with van der Waals surface area (Å²) in [6.07, 6.45) is -0.0658. The summed E-state index contributed by atoms with van der Waals surface area (Å²) in [5.74, 6) is -0.547. The molecule has 0 fully saturated rings. The summed E-state index contributed by atoms with van der Waals surface area (Å²) in [7, 11) is 0. The van der Waals surface area contributed by atoms with Crippen LogP contribution in [0, 0.1) is 12.3 Å². The largest absolute Gasteiger partial charge is 0.488 e. The lowest BCUT2D eigenvalue weighted by Gasteiger charge is -2.24. The lowest BCUT2D eigenvalue weighted by atomic mass is 9.89. The maximum Gasteiger partial charge on any atom is 0.309 e. The summed E-state index contributed by atoms with van der Waals surface area (Å²) >= 11 is 0. The fourth-order valence-electron chi connectivity index (χ4n) is 1.97. The number of aryl methyl sites for hydroxylation is 1. The monoisotopic (exact) mass is 321 g/mol. The molecule has 23 heavy (non-hydrogen) atoms. The van der Waals surface area contributed by atoms with Crippen LogP contribution in [-0.4, -0.2) is 22.6 Å². The van der Waals surface area contributed by atoms with Crippen LogP contribution in [0.2, 0.25) is 0 Å². The van der Waals surface area contributed by atoms with Crippen molar-refractivity contribution in [3.05, 3.63) is 29.3 Å². The lowest BCUT2D eigenvalue weighted by Crippen LogP contribution is -2.33. The fourth-order valence-corrected chi connectivity index (χ4v) is 1.97. The topological polar surface area (TPSA) is 75.6 Å². The number of carboxylic acids is 1. The zero-order valence-electron chi connectivity index (χ0n) is 14.8. The van der Waals surface area contributed by atoms with E-state index in [1.54, 1.807) is 0 Å². The number of carbonyl (C=O) groups is 2. The Kier molecular flexibility index (Phi) is 5.81. The molecule has 0 unspecified atom stereocenters. The van der Waals surface area contributed by atoms with Crippen LogP contribution >= 0.6 is 0 Å². The average Bonchev–Trinajstić information content (AvgIpc) is 2.35. The molecule has 0 bridgehead atoms. The summed E-state index contributed by atoms with van der Waals surface area (Å²) < 4.78 is 5.94. The quantitative estimate of drug-likeness (QED) is 0.843. The van der Waals surface area contributed by atoms with Gasteiger partial charge in [-0.25, -0.2) is 0 Å². The third-order valence-electron chi connectivity index (χ3n) is 3.30. The van der Waals surface area contributed by atoms with E-state index >= 15 is 0 Å². The number of rotatable bonds is 6. The Labute approximate surface area is 138 Å². The minimum Gasteiger partial charge on any atom is -0.488 e. The van der Waals surface area contributed by atoms with Gasteiger partial charge in [0.25, 0.3) is 0 Å². The van der Waals surface area contributed by atoms with Crippen molar-refractivity contribution in [2.75, 3.05) is 0 Å². The number of benzene rings is 1. The summed E-state index contributed by atoms with van der Waals surface area (Å²) in [6.45, 7) is 11.3. The van der Waals surface area contributed by atoms with Gasteiger partial charge in [0.05, 0.1) is 5.41 Å². The highest BCUT2D eigenvalue weighted by molar-refractivity contribution is 5.84. The highest BCUT2D eigenvalue weighted by Gasteiger charge is 2.30. The maximum atomic E-state index is 12.0. The molecule has 1 aromatic carbocycles. The molecular formula is C18H27NO4. The van der Waals surface area contributed by atoms with Crippen LogP contribution in [0.5, 0.6) is 5.75 Å². The molecule has 1 amide bonds. The van der Waals surface area contributed by atoms with Crippen LogP contribution < -0.4 is 10.1 Å². The summed E-state index contributed by atoms with van der Waals surface area (Å²) in [5, 5.41) is 11.9. The van der Waals surface area contributed by atoms with E-state index in [4.69, 9.17) is 9.84 Å². The van der Waals surface area contributed by atoms with E-state index in [1.807, 2.05) is 45.9 Å². The molecule has 0 radical (unpaired) electrons. The average molecular weight is 321 g/mol. The number of carboxylic acid groups (broad SMARTS) is 1. The van der Waals surface area contributed by atoms with Crippen LogP contribution in [0.15, 0.2) is 18.2 Å². The van der Waals surface area contributed by atoms with Gasteiger partial charge in [0.15, 0.2) is 0 Å². The molecule has 128 valence electrons. The first-order valence-corrected chi connectivity index (χ1v) is 7.69. The van der Waals surface area contributed by atoms with Gasteiger partial charge in [-0.2, -0.15) is 0 Å². The van der Waals surface area contributed by atoms with Crippen molar-refractivity contribution in [2.24, 2.45) is 5.41 Å². The number of aliphatic carboxylic acids is 1. The van der Waals surface area contributed by atoms with Gasteiger partial charge in [0.1, 0.15) is 11.4 Å². The van der Waals surface area contributed by atoms with E-state index < -0.39 is 11.4 Å². The second-order valence-corrected chi connectivity index (χ2v) is 7.47. The predicted octanol–water partition coefficient (Wildman–Crippen LogP) is 3.29. The van der Waals surface area contributed by atoms with Crippen LogP contribution in [0.1, 0.15) is 52.2 Å². The zero-order valence-corrected chi connectivity index (χ0v) is 14.8. The first kappa shape index (κ1) is 19.0. The molecule has 0 atom stereocenters. The van der Waals surface area contributed by atoms with Crippen molar-refractivity contribution in [2.45, 2.75) is 60.1 Å². The van der Waals surface area contributed by atoms with E-state index in [2.05, 4.69) is 5.32 Å². The van der Waals surface area contributed by atoms with Gasteiger partial charge in [-0.05, 0) is 53.2 Å². The van der Waals surface area contributed by atoms with E-state index in [-0.39, 0.29) is 17.9 Å². The fraction of sp³-hybridized carbons (Fsp3) is 0.556. The van der Waals surface area contributed by atoms with Crippen molar-refractivity contribution in [3.63, 3.8) is 0 Å². The van der Waals surface area contributed by atoms with Gasteiger partial charge in [-0.15, -0.1) is 0 Å². The first-order valence-electron chi connectivity index (χ1n) is 7.69. The van der Waals surface area contributed by atoms with Crippen LogP contribution in [-0.2, 0) is 16.1 Å². The Morgan fingerprint density at radius 2 is 1.78 bits per heavy atom. The first-order chi connectivity index (χ1) is 10.4. The smallest absolute Gasteiger partial charge is 0.309 e. The van der Waals surface area contributed by atoms with E-state index in [0.29, 0.717) is 6.54 Å². The highest BCUT2D eigenvalue weighted by atomic mass is 16.5. The van der Waals surface area contributed by atoms with Gasteiger partial charge in [-0.1, -0.05) is 12.1 Å². The van der Waals surface area contributed by atoms with Gasteiger partial charge < -0.3 is 15.2 Å². The molecule has 0 saturated heterocycles. The summed E-state index contributed by atoms with van der Waals surface area (Å²) in [5.41, 5.74) is 0.526. The number of hydrogen-bond acceptors (Lipinski definition) is 3. The normalized spacial score (nSPS) is 11.9. The molecule has 0 aliphatic heterocycles. The number of hydrogen-bond donors (Lipinski definition) is 2. The minimum absolute atomic E-state index is 0.0658. The molecule has 5 heteroatoms. The van der Waals surface area contributed by atoms with Crippen molar-refractivity contribution in [3.8, 4) is 5.75 Å². The van der Waals surface area contributed by atoms with Crippen LogP contribution in [0.4, 0.5) is 0 Å². The Balaban J connectivity index is 2.78. The number of ether oxygens (including phenoxy) is 1. The maximum absolute atomic E-state index is 12.0. The zero-order chi connectivity index (χ0) is 17.8. The molecule has 0 aliphatic rings. The van der Waals surface area contributed by atoms with Gasteiger partial charge >= 0.3 is 5.97 Å². The van der Waals surface area contributed by atoms with E-state index in [0.717, 1.165) is 16.9 Å². The molecule has 0 aliphatic carbocycles. The van der Waals surface area contributed by atoms with E-state index in [9.17, 15) is 9.59 Å². The Morgan fingerprint density at radius 1 is 1.17 bits per heavy atom. The Morgan fingerprint density at radius 3 is 2.30 bits per heavy atom. The second kappa shape index (κ2) is 7.02. The highest BCUT2D eigenvalue weighted by Crippen LogP contribution is 2.25. The number of amides is 1. The minimum atomic E-state index is -1.08. The van der Waals surface area contributed by atoms with Gasteiger partial charge in [0, 0.05) is 18.5 Å². The molecule has 1 aromatic rings. The third kappa shape index (κ3) is 6.30. The molecule has 0 heterocycles. The SMILES string of the molecule is Cc1ccc(CNC(=O)CC(C)(C)C(=O)O)c(OC(C)(C)C)c1. The van der Waals surface area contributed by atoms with E-state index in [1.165, 1.54) is 13.8 Å². The molecule has 2 N–H and O–H groups in total. The molecule has 5 nitrogen and oxygen atoms in total. The number of carbonyl (C=O) groups excluding carboxylic acids is 1. The Bertz CT molecular complexity index is 585. The molecule has 0 spiro atoms. The van der Waals surface area contributed by atoms with Crippen LogP contribution in [0.3, 0.4) is 0 Å². The molecule has 0 saturated carbocycles. The van der Waals surface area contributed by atoms with Crippen molar-refractivity contribution < 1.29 is 19.4 Å². The molecule has 0 aromatic heterocycles. The standard InChI is InChI=1S/C18H27NO4/c1-12-7-8-13(14(9-12)23-17(2,3)4)11-19-15(20)10-18(5,6)16(21)22/h7-9H,10-11H2,1-6H3,(H,19,20)(H,21,22). The lowest BCUT2D eigenvalue weighted by molar-refractivity contribution is -0.149. The molecule has 1 rings (SSSR count). The predicted molar refractivity (Wildman–Crippen MR) is 89.4 cm³/mol. The third-order valence-corrected chi connectivity index (χ3v) is 3.30. The second-order valence-electron chi connectivity index (χ2n) is 7.47.